The van der Waals surface area contributed by atoms with Gasteiger partial charge in [0.1, 0.15) is 6.10 Å². The third-order valence-corrected chi connectivity index (χ3v) is 13.1. The molecular weight excluding hydrogens is 176 g/mol. The van der Waals surface area contributed by atoms with Crippen molar-refractivity contribution in [3.8, 4) is 0 Å². The summed E-state index contributed by atoms with van der Waals surface area (Å²) in [7, 11) is 2.52. The van der Waals surface area contributed by atoms with Gasteiger partial charge in [-0.3, -0.25) is 0 Å². The normalized spacial score (nSPS) is 25.8. The fourth-order valence-corrected chi connectivity index (χ4v) is 8.35. The minimum Gasteiger partial charge on any atom is -0.379 e. The molecule has 1 atom stereocenters. The van der Waals surface area contributed by atoms with Crippen molar-refractivity contribution < 1.29 is 9.47 Å². The topological polar surface area (TPSA) is 21.8 Å². The second kappa shape index (κ2) is 5.25. The fourth-order valence-electron chi connectivity index (χ4n) is 0.833. The van der Waals surface area contributed by atoms with Crippen LogP contribution in [0.3, 0.4) is 0 Å². The number of ether oxygens (including phenoxy) is 2. The van der Waals surface area contributed by atoms with E-state index in [2.05, 4.69) is 0 Å². The minimum absolute atomic E-state index is 0.432. The van der Waals surface area contributed by atoms with Gasteiger partial charge < -0.3 is 9.47 Å². The molecular formula is C5H16O2Si3. The van der Waals surface area contributed by atoms with Gasteiger partial charge in [-0.1, -0.05) is 0 Å². The molecule has 0 radical (unpaired) electrons. The van der Waals surface area contributed by atoms with E-state index in [1.807, 2.05) is 0 Å². The highest BCUT2D eigenvalue weighted by molar-refractivity contribution is 7.23. The summed E-state index contributed by atoms with van der Waals surface area (Å²) in [6, 6.07) is 1.43. The molecule has 2 nitrogen and oxygen atoms in total. The number of hydrogen-bond acceptors (Lipinski definition) is 2. The Morgan fingerprint density at radius 3 is 3.10 bits per heavy atom. The first-order chi connectivity index (χ1) is 4.93. The molecule has 1 aliphatic heterocycles. The summed E-state index contributed by atoms with van der Waals surface area (Å²) < 4.78 is 10.4. The summed E-state index contributed by atoms with van der Waals surface area (Å²) in [5.41, 5.74) is 0. The summed E-state index contributed by atoms with van der Waals surface area (Å²) in [5, 5.41) is 0. The fraction of sp³-hybridized carbons (Fsp3) is 1.00. The second-order valence-corrected chi connectivity index (χ2v) is 19.3. The van der Waals surface area contributed by atoms with Crippen LogP contribution >= 0.6 is 0 Å². The lowest BCUT2D eigenvalue weighted by molar-refractivity contribution is 0.128. The molecule has 5 heteroatoms. The molecule has 0 aromatic carbocycles. The molecule has 0 aromatic heterocycles. The Kier molecular flexibility index (Phi) is 4.55. The van der Waals surface area contributed by atoms with Crippen LogP contribution in [0.4, 0.5) is 0 Å². The quantitative estimate of drug-likeness (QED) is 0.261. The lowest BCUT2D eigenvalue weighted by Gasteiger charge is -1.98. The Morgan fingerprint density at radius 2 is 2.50 bits per heavy atom. The Labute approximate surface area is 69.3 Å². The molecule has 10 heavy (non-hydrogen) atoms. The molecule has 0 saturated carbocycles. The van der Waals surface area contributed by atoms with Crippen LogP contribution in [0.2, 0.25) is 6.04 Å². The van der Waals surface area contributed by atoms with Crippen LogP contribution in [0.1, 0.15) is 0 Å². The number of epoxide rings is 1. The van der Waals surface area contributed by atoms with Crippen LogP contribution in [0.15, 0.2) is 0 Å². The smallest absolute Gasteiger partial charge is 0.104 e. The van der Waals surface area contributed by atoms with E-state index < -0.39 is 0 Å². The van der Waals surface area contributed by atoms with Crippen molar-refractivity contribution in [2.24, 2.45) is 0 Å². The van der Waals surface area contributed by atoms with Crippen LogP contribution in [-0.4, -0.2) is 53.3 Å². The van der Waals surface area contributed by atoms with Crippen molar-refractivity contribution >= 4 is 27.4 Å². The lowest BCUT2D eigenvalue weighted by atomic mass is 10.5. The Morgan fingerprint density at radius 1 is 1.70 bits per heavy atom. The highest BCUT2D eigenvalue weighted by Gasteiger charge is 2.21. The lowest BCUT2D eigenvalue weighted by Crippen LogP contribution is -2.08. The van der Waals surface area contributed by atoms with Crippen molar-refractivity contribution in [2.45, 2.75) is 12.1 Å². The van der Waals surface area contributed by atoms with Crippen molar-refractivity contribution in [1.82, 2.24) is 0 Å². The first kappa shape index (κ1) is 8.67. The van der Waals surface area contributed by atoms with Gasteiger partial charge >= 0.3 is 0 Å². The van der Waals surface area contributed by atoms with E-state index in [1.54, 1.807) is 0 Å². The van der Waals surface area contributed by atoms with Crippen molar-refractivity contribution in [3.05, 3.63) is 0 Å². The summed E-state index contributed by atoms with van der Waals surface area (Å²) in [6.07, 6.45) is 0.468. The minimum atomic E-state index is 0.432. The van der Waals surface area contributed by atoms with E-state index in [-0.39, 0.29) is 0 Å². The maximum atomic E-state index is 5.41. The average molecular weight is 192 g/mol. The molecule has 1 unspecified atom stereocenters. The largest absolute Gasteiger partial charge is 0.379 e. The zero-order chi connectivity index (χ0) is 7.23. The van der Waals surface area contributed by atoms with Gasteiger partial charge in [0, 0.05) is 15.6 Å². The van der Waals surface area contributed by atoms with E-state index in [4.69, 9.17) is 9.47 Å². The van der Waals surface area contributed by atoms with Gasteiger partial charge in [-0.05, 0) is 24.4 Å². The third kappa shape index (κ3) is 4.40. The van der Waals surface area contributed by atoms with E-state index in [0.717, 1.165) is 19.8 Å². The molecule has 1 aliphatic rings. The van der Waals surface area contributed by atoms with E-state index in [0.29, 0.717) is 23.7 Å². The van der Waals surface area contributed by atoms with E-state index in [9.17, 15) is 0 Å². The summed E-state index contributed by atoms with van der Waals surface area (Å²) in [5.74, 6) is 0. The van der Waals surface area contributed by atoms with Crippen molar-refractivity contribution in [2.75, 3.05) is 19.8 Å². The monoisotopic (exact) mass is 192 g/mol. The standard InChI is InChI=1S/C5H16O2Si3/c8-10-9-2-1-6-3-5-4-7-5/h5H,1-4,9-10H2,8H3. The molecule has 0 N–H and O–H groups in total. The first-order valence-electron chi connectivity index (χ1n) is 4.13. The zero-order valence-corrected chi connectivity index (χ0v) is 11.5. The Hall–Kier alpha value is 0.571. The summed E-state index contributed by atoms with van der Waals surface area (Å²) in [6.45, 7) is 2.82. The molecule has 0 aliphatic carbocycles. The van der Waals surface area contributed by atoms with Gasteiger partial charge in [0.15, 0.2) is 0 Å². The van der Waals surface area contributed by atoms with Crippen molar-refractivity contribution in [3.63, 3.8) is 0 Å². The molecule has 0 bridgehead atoms. The van der Waals surface area contributed by atoms with Crippen molar-refractivity contribution in [1.29, 1.82) is 0 Å². The van der Waals surface area contributed by atoms with Crippen LogP contribution in [0, 0.1) is 0 Å². The van der Waals surface area contributed by atoms with Gasteiger partial charge in [-0.15, -0.1) is 0 Å². The van der Waals surface area contributed by atoms with Crippen LogP contribution in [0.25, 0.3) is 0 Å². The van der Waals surface area contributed by atoms with Crippen LogP contribution in [0.5, 0.6) is 0 Å². The maximum Gasteiger partial charge on any atom is 0.104 e. The first-order valence-corrected chi connectivity index (χ1v) is 14.8. The van der Waals surface area contributed by atoms with Gasteiger partial charge in [-0.25, -0.2) is 0 Å². The molecule has 1 heterocycles. The SMILES string of the molecule is [SiH3][SiH2][SiH2]CCOCC1CO1. The predicted molar refractivity (Wildman–Crippen MR) is 52.4 cm³/mol. The Balaban J connectivity index is 1.68. The third-order valence-electron chi connectivity index (χ3n) is 1.60. The average Bonchev–Trinajstić information content (AvgIpc) is 2.71. The number of hydrogen-bond donors (Lipinski definition) is 0. The maximum absolute atomic E-state index is 5.41. The van der Waals surface area contributed by atoms with E-state index >= 15 is 0 Å². The highest BCUT2D eigenvalue weighted by Crippen LogP contribution is 2.08. The molecule has 1 saturated heterocycles. The molecule has 1 rings (SSSR count). The molecule has 0 spiro atoms. The molecule has 0 aromatic rings. The van der Waals surface area contributed by atoms with Crippen LogP contribution < -0.4 is 0 Å². The van der Waals surface area contributed by atoms with Gasteiger partial charge in [-0.2, -0.15) is 0 Å². The Bertz CT molecular complexity index is 87.0. The highest BCUT2D eigenvalue weighted by atomic mass is 29.5. The number of rotatable bonds is 6. The van der Waals surface area contributed by atoms with Gasteiger partial charge in [0.25, 0.3) is 0 Å². The summed E-state index contributed by atoms with van der Waals surface area (Å²) >= 11 is 0. The van der Waals surface area contributed by atoms with Gasteiger partial charge in [0.2, 0.25) is 0 Å². The predicted octanol–water partition coefficient (Wildman–Crippen LogP) is -2.65. The zero-order valence-electron chi connectivity index (χ0n) is 6.64. The van der Waals surface area contributed by atoms with E-state index in [1.165, 1.54) is 15.8 Å². The summed E-state index contributed by atoms with van der Waals surface area (Å²) in [4.78, 5) is 0. The molecule has 1 fully saturated rings. The molecule has 0 amide bonds. The van der Waals surface area contributed by atoms with Crippen LogP contribution in [-0.2, 0) is 9.47 Å². The molecule has 60 valence electrons. The van der Waals surface area contributed by atoms with Gasteiger partial charge in [0.05, 0.1) is 13.2 Å². The second-order valence-electron chi connectivity index (χ2n) is 2.74.